The van der Waals surface area contributed by atoms with Gasteiger partial charge in [0.2, 0.25) is 10.0 Å². The SMILES string of the molecule is Cc1ccc(S(=O)(=O)N2CCC(CBr)CC2)c(C)c1. The molecule has 2 rings (SSSR count). The zero-order valence-electron chi connectivity index (χ0n) is 11.4. The molecule has 19 heavy (non-hydrogen) atoms. The quantitative estimate of drug-likeness (QED) is 0.789. The number of hydrogen-bond donors (Lipinski definition) is 0. The van der Waals surface area contributed by atoms with E-state index < -0.39 is 10.0 Å². The Morgan fingerprint density at radius 2 is 1.89 bits per heavy atom. The van der Waals surface area contributed by atoms with Crippen molar-refractivity contribution < 1.29 is 8.42 Å². The summed E-state index contributed by atoms with van der Waals surface area (Å²) in [6.45, 7) is 5.10. The van der Waals surface area contributed by atoms with Crippen LogP contribution in [0.5, 0.6) is 0 Å². The van der Waals surface area contributed by atoms with E-state index >= 15 is 0 Å². The predicted molar refractivity (Wildman–Crippen MR) is 81.2 cm³/mol. The summed E-state index contributed by atoms with van der Waals surface area (Å²) in [6, 6.07) is 5.53. The number of sulfonamides is 1. The highest BCUT2D eigenvalue weighted by Gasteiger charge is 2.29. The number of halogens is 1. The molecule has 1 fully saturated rings. The Kier molecular flexibility index (Phi) is 4.69. The average molecular weight is 346 g/mol. The fourth-order valence-electron chi connectivity index (χ4n) is 2.53. The molecule has 0 bridgehead atoms. The van der Waals surface area contributed by atoms with Crippen LogP contribution in [0.1, 0.15) is 24.0 Å². The van der Waals surface area contributed by atoms with Crippen LogP contribution >= 0.6 is 15.9 Å². The first kappa shape index (κ1) is 15.0. The van der Waals surface area contributed by atoms with Crippen molar-refractivity contribution in [2.45, 2.75) is 31.6 Å². The van der Waals surface area contributed by atoms with Crippen molar-refractivity contribution in [2.75, 3.05) is 18.4 Å². The maximum Gasteiger partial charge on any atom is 0.243 e. The van der Waals surface area contributed by atoms with Crippen LogP contribution in [0.3, 0.4) is 0 Å². The molecule has 0 atom stereocenters. The maximum atomic E-state index is 12.6. The van der Waals surface area contributed by atoms with Gasteiger partial charge < -0.3 is 0 Å². The van der Waals surface area contributed by atoms with E-state index in [0.717, 1.165) is 29.3 Å². The van der Waals surface area contributed by atoms with Gasteiger partial charge in [-0.1, -0.05) is 33.6 Å². The molecule has 3 nitrogen and oxygen atoms in total. The van der Waals surface area contributed by atoms with E-state index in [2.05, 4.69) is 15.9 Å². The Balaban J connectivity index is 2.23. The van der Waals surface area contributed by atoms with Crippen LogP contribution in [0.15, 0.2) is 23.1 Å². The zero-order chi connectivity index (χ0) is 14.0. The normalized spacial score (nSPS) is 18.7. The second-order valence-electron chi connectivity index (χ2n) is 5.27. The lowest BCUT2D eigenvalue weighted by Crippen LogP contribution is -2.39. The third kappa shape index (κ3) is 3.20. The molecule has 0 aromatic heterocycles. The van der Waals surface area contributed by atoms with Crippen LogP contribution in [0.4, 0.5) is 0 Å². The topological polar surface area (TPSA) is 37.4 Å². The van der Waals surface area contributed by atoms with E-state index in [1.165, 1.54) is 0 Å². The van der Waals surface area contributed by atoms with E-state index in [0.29, 0.717) is 23.9 Å². The molecule has 1 heterocycles. The fourth-order valence-corrected chi connectivity index (χ4v) is 4.85. The molecule has 1 saturated heterocycles. The van der Waals surface area contributed by atoms with Gasteiger partial charge >= 0.3 is 0 Å². The monoisotopic (exact) mass is 345 g/mol. The molecule has 1 aromatic carbocycles. The number of alkyl halides is 1. The fraction of sp³-hybridized carbons (Fsp3) is 0.571. The highest BCUT2D eigenvalue weighted by Crippen LogP contribution is 2.26. The summed E-state index contributed by atoms with van der Waals surface area (Å²) >= 11 is 3.48. The Morgan fingerprint density at radius 3 is 2.42 bits per heavy atom. The minimum Gasteiger partial charge on any atom is -0.207 e. The molecule has 0 amide bonds. The summed E-state index contributed by atoms with van der Waals surface area (Å²) < 4.78 is 26.9. The Bertz CT molecular complexity index is 549. The number of benzene rings is 1. The maximum absolute atomic E-state index is 12.6. The number of aryl methyl sites for hydroxylation is 2. The first-order valence-corrected chi connectivity index (χ1v) is 9.14. The van der Waals surface area contributed by atoms with E-state index in [1.54, 1.807) is 10.4 Å². The first-order valence-electron chi connectivity index (χ1n) is 6.58. The van der Waals surface area contributed by atoms with Crippen molar-refractivity contribution in [1.82, 2.24) is 4.31 Å². The van der Waals surface area contributed by atoms with Crippen molar-refractivity contribution in [3.8, 4) is 0 Å². The van der Waals surface area contributed by atoms with Gasteiger partial charge in [0.15, 0.2) is 0 Å². The lowest BCUT2D eigenvalue weighted by atomic mass is 10.0. The molecule has 0 spiro atoms. The van der Waals surface area contributed by atoms with Gasteiger partial charge in [-0.2, -0.15) is 4.31 Å². The molecule has 0 aliphatic carbocycles. The van der Waals surface area contributed by atoms with Crippen LogP contribution in [0, 0.1) is 19.8 Å². The van der Waals surface area contributed by atoms with Crippen LogP contribution in [-0.4, -0.2) is 31.1 Å². The Labute approximate surface area is 124 Å². The van der Waals surface area contributed by atoms with Gasteiger partial charge in [-0.25, -0.2) is 8.42 Å². The van der Waals surface area contributed by atoms with Crippen molar-refractivity contribution in [1.29, 1.82) is 0 Å². The molecular formula is C14H20BrNO2S. The van der Waals surface area contributed by atoms with Gasteiger partial charge in [-0.05, 0) is 44.2 Å². The summed E-state index contributed by atoms with van der Waals surface area (Å²) in [5.41, 5.74) is 1.93. The van der Waals surface area contributed by atoms with Crippen molar-refractivity contribution in [2.24, 2.45) is 5.92 Å². The summed E-state index contributed by atoms with van der Waals surface area (Å²) in [6.07, 6.45) is 1.88. The summed E-state index contributed by atoms with van der Waals surface area (Å²) in [5.74, 6) is 0.602. The molecule has 5 heteroatoms. The molecule has 1 aliphatic heterocycles. The largest absolute Gasteiger partial charge is 0.243 e. The Morgan fingerprint density at radius 1 is 1.26 bits per heavy atom. The van der Waals surface area contributed by atoms with Gasteiger partial charge in [0, 0.05) is 18.4 Å². The third-order valence-electron chi connectivity index (χ3n) is 3.74. The minimum atomic E-state index is -3.32. The van der Waals surface area contributed by atoms with Crippen molar-refractivity contribution >= 4 is 26.0 Å². The summed E-state index contributed by atoms with van der Waals surface area (Å²) in [5, 5.41) is 0.963. The van der Waals surface area contributed by atoms with Crippen LogP contribution in [0.25, 0.3) is 0 Å². The van der Waals surface area contributed by atoms with Gasteiger partial charge in [0.1, 0.15) is 0 Å². The molecular weight excluding hydrogens is 326 g/mol. The lowest BCUT2D eigenvalue weighted by Gasteiger charge is -2.30. The minimum absolute atomic E-state index is 0.454. The van der Waals surface area contributed by atoms with Gasteiger partial charge in [-0.3, -0.25) is 0 Å². The number of rotatable bonds is 3. The van der Waals surface area contributed by atoms with Crippen LogP contribution in [0.2, 0.25) is 0 Å². The molecule has 0 unspecified atom stereocenters. The Hall–Kier alpha value is -0.390. The van der Waals surface area contributed by atoms with Gasteiger partial charge in [0.05, 0.1) is 4.90 Å². The van der Waals surface area contributed by atoms with E-state index in [1.807, 2.05) is 26.0 Å². The number of piperidine rings is 1. The second-order valence-corrected chi connectivity index (χ2v) is 7.82. The molecule has 106 valence electrons. The molecule has 0 saturated carbocycles. The van der Waals surface area contributed by atoms with Gasteiger partial charge in [-0.15, -0.1) is 0 Å². The van der Waals surface area contributed by atoms with E-state index in [9.17, 15) is 8.42 Å². The average Bonchev–Trinajstić information content (AvgIpc) is 2.38. The number of hydrogen-bond acceptors (Lipinski definition) is 2. The van der Waals surface area contributed by atoms with Crippen molar-refractivity contribution in [3.63, 3.8) is 0 Å². The summed E-state index contributed by atoms with van der Waals surface area (Å²) in [4.78, 5) is 0.454. The molecule has 1 aromatic rings. The van der Waals surface area contributed by atoms with Crippen molar-refractivity contribution in [3.05, 3.63) is 29.3 Å². The summed E-state index contributed by atoms with van der Waals surface area (Å²) in [7, 11) is -3.32. The molecule has 0 radical (unpaired) electrons. The van der Waals surface area contributed by atoms with E-state index in [-0.39, 0.29) is 0 Å². The highest BCUT2D eigenvalue weighted by molar-refractivity contribution is 9.09. The molecule has 0 N–H and O–H groups in total. The number of nitrogens with zero attached hydrogens (tertiary/aromatic N) is 1. The van der Waals surface area contributed by atoms with Crippen LogP contribution < -0.4 is 0 Å². The second kappa shape index (κ2) is 5.94. The lowest BCUT2D eigenvalue weighted by molar-refractivity contribution is 0.292. The van der Waals surface area contributed by atoms with E-state index in [4.69, 9.17) is 0 Å². The standard InChI is InChI=1S/C14H20BrNO2S/c1-11-3-4-14(12(2)9-11)19(17,18)16-7-5-13(10-15)6-8-16/h3-4,9,13H,5-8,10H2,1-2H3. The van der Waals surface area contributed by atoms with Gasteiger partial charge in [0.25, 0.3) is 0 Å². The first-order chi connectivity index (χ1) is 8.95. The molecule has 1 aliphatic rings. The highest BCUT2D eigenvalue weighted by atomic mass is 79.9. The zero-order valence-corrected chi connectivity index (χ0v) is 13.8. The smallest absolute Gasteiger partial charge is 0.207 e. The third-order valence-corrected chi connectivity index (χ3v) is 6.71. The predicted octanol–water partition coefficient (Wildman–Crippen LogP) is 3.10. The van der Waals surface area contributed by atoms with Crippen LogP contribution in [-0.2, 0) is 10.0 Å².